The summed E-state index contributed by atoms with van der Waals surface area (Å²) in [6.45, 7) is 7.40. The fourth-order valence-corrected chi connectivity index (χ4v) is 3.26. The molecule has 3 aromatic rings. The van der Waals surface area contributed by atoms with Crippen molar-refractivity contribution in [1.29, 1.82) is 0 Å². The van der Waals surface area contributed by atoms with Gasteiger partial charge in [0, 0.05) is 11.6 Å². The van der Waals surface area contributed by atoms with E-state index in [1.165, 1.54) is 6.07 Å². The molecule has 136 valence electrons. The summed E-state index contributed by atoms with van der Waals surface area (Å²) in [4.78, 5) is 16.9. The highest BCUT2D eigenvalue weighted by atomic mass is 35.5. The maximum atomic E-state index is 11.3. The number of hydrogen-bond acceptors (Lipinski definition) is 5. The van der Waals surface area contributed by atoms with Gasteiger partial charge in [-0.25, -0.2) is 9.64 Å². The maximum absolute atomic E-state index is 11.3. The molecule has 1 aliphatic heterocycles. The molecule has 1 atom stereocenters. The van der Waals surface area contributed by atoms with Gasteiger partial charge in [0.25, 0.3) is 0 Å². The van der Waals surface area contributed by atoms with E-state index < -0.39 is 5.76 Å². The zero-order chi connectivity index (χ0) is 19.0. The van der Waals surface area contributed by atoms with Gasteiger partial charge in [0.15, 0.2) is 11.4 Å². The first kappa shape index (κ1) is 17.1. The van der Waals surface area contributed by atoms with Crippen LogP contribution in [0.3, 0.4) is 0 Å². The van der Waals surface area contributed by atoms with E-state index in [0.717, 1.165) is 5.56 Å². The molecule has 2 N–H and O–H groups in total. The summed E-state index contributed by atoms with van der Waals surface area (Å²) in [5.74, 6) is 0.412. The molecule has 0 radical (unpaired) electrons. The highest BCUT2D eigenvalue weighted by Crippen LogP contribution is 2.43. The zero-order valence-electron chi connectivity index (χ0n) is 13.9. The molecule has 0 fully saturated rings. The number of halogens is 1. The molecule has 8 heteroatoms. The number of aromatic nitrogens is 1. The summed E-state index contributed by atoms with van der Waals surface area (Å²) >= 11 is 6.15. The standard InChI is InChI=1S/C19H13ClN2O5/c1-21-10-2-5-15(14(20)8-10)26-11-3-4-12-13(6-7-25-16(12)9-11)17-18(23)22-19(24)27-17/h2-5,8-9,13,23H,6-7H2,(H,22,24)/t13-/m1/s1. The van der Waals surface area contributed by atoms with Crippen LogP contribution in [0.2, 0.25) is 5.02 Å². The summed E-state index contributed by atoms with van der Waals surface area (Å²) in [7, 11) is 0. The molecule has 0 saturated carbocycles. The number of aromatic hydroxyl groups is 1. The number of nitrogens with one attached hydrogen (secondary N) is 1. The van der Waals surface area contributed by atoms with Gasteiger partial charge in [-0.15, -0.1) is 0 Å². The lowest BCUT2D eigenvalue weighted by Gasteiger charge is -2.24. The molecular formula is C19H13ClN2O5. The van der Waals surface area contributed by atoms with Crippen LogP contribution in [0.1, 0.15) is 23.7 Å². The predicted molar refractivity (Wildman–Crippen MR) is 97.2 cm³/mol. The SMILES string of the molecule is [C-]#[N+]c1ccc(Oc2ccc3c(c2)OCC[C@H]3c2oc(=O)[nH]c2O)c(Cl)c1. The van der Waals surface area contributed by atoms with Gasteiger partial charge in [-0.1, -0.05) is 23.7 Å². The van der Waals surface area contributed by atoms with Crippen molar-refractivity contribution in [2.45, 2.75) is 12.3 Å². The molecule has 0 unspecified atom stereocenters. The first-order valence-electron chi connectivity index (χ1n) is 8.08. The summed E-state index contributed by atoms with van der Waals surface area (Å²) in [6, 6.07) is 10.0. The van der Waals surface area contributed by atoms with Crippen LogP contribution in [0.25, 0.3) is 4.85 Å². The quantitative estimate of drug-likeness (QED) is 0.645. The van der Waals surface area contributed by atoms with Crippen LogP contribution in [0.5, 0.6) is 23.1 Å². The molecule has 0 aliphatic carbocycles. The van der Waals surface area contributed by atoms with Crippen molar-refractivity contribution >= 4 is 17.3 Å². The number of hydrogen-bond donors (Lipinski definition) is 2. The van der Waals surface area contributed by atoms with Crippen LogP contribution in [0, 0.1) is 6.57 Å². The summed E-state index contributed by atoms with van der Waals surface area (Å²) < 4.78 is 16.6. The second-order valence-electron chi connectivity index (χ2n) is 5.95. The monoisotopic (exact) mass is 384 g/mol. The fraction of sp³-hybridized carbons (Fsp3) is 0.158. The minimum Gasteiger partial charge on any atom is -0.493 e. The molecule has 2 heterocycles. The van der Waals surface area contributed by atoms with Crippen molar-refractivity contribution in [3.05, 3.63) is 74.7 Å². The molecule has 7 nitrogen and oxygen atoms in total. The first-order chi connectivity index (χ1) is 13.0. The van der Waals surface area contributed by atoms with Crippen LogP contribution in [-0.2, 0) is 0 Å². The molecule has 0 amide bonds. The average Bonchev–Trinajstić information content (AvgIpc) is 3.00. The summed E-state index contributed by atoms with van der Waals surface area (Å²) in [5, 5.41) is 10.2. The van der Waals surface area contributed by atoms with Gasteiger partial charge < -0.3 is 19.0 Å². The third kappa shape index (κ3) is 3.23. The van der Waals surface area contributed by atoms with Gasteiger partial charge in [0.2, 0.25) is 5.88 Å². The van der Waals surface area contributed by atoms with E-state index in [1.54, 1.807) is 30.3 Å². The Morgan fingerprint density at radius 3 is 2.85 bits per heavy atom. The molecule has 0 spiro atoms. The number of nitrogens with zero attached hydrogens (tertiary/aromatic N) is 1. The Bertz CT molecular complexity index is 1110. The predicted octanol–water partition coefficient (Wildman–Crippen LogP) is 4.58. The molecule has 1 aliphatic rings. The minimum atomic E-state index is -0.701. The Morgan fingerprint density at radius 2 is 2.15 bits per heavy atom. The van der Waals surface area contributed by atoms with E-state index in [1.807, 2.05) is 0 Å². The van der Waals surface area contributed by atoms with Gasteiger partial charge in [-0.05, 0) is 24.6 Å². The Hall–Kier alpha value is -3.37. The lowest BCUT2D eigenvalue weighted by atomic mass is 9.91. The molecule has 0 bridgehead atoms. The Morgan fingerprint density at radius 1 is 1.30 bits per heavy atom. The normalized spacial score (nSPS) is 15.5. The Labute approximate surface area is 158 Å². The van der Waals surface area contributed by atoms with Crippen molar-refractivity contribution in [3.8, 4) is 23.1 Å². The second kappa shape index (κ2) is 6.74. The molecule has 1 aromatic heterocycles. The highest BCUT2D eigenvalue weighted by Gasteiger charge is 2.29. The van der Waals surface area contributed by atoms with Crippen molar-refractivity contribution in [1.82, 2.24) is 4.98 Å². The van der Waals surface area contributed by atoms with E-state index in [0.29, 0.717) is 41.0 Å². The van der Waals surface area contributed by atoms with Gasteiger partial charge in [-0.3, -0.25) is 4.98 Å². The second-order valence-corrected chi connectivity index (χ2v) is 6.35. The fourth-order valence-electron chi connectivity index (χ4n) is 3.04. The van der Waals surface area contributed by atoms with Crippen LogP contribution in [0.4, 0.5) is 5.69 Å². The zero-order valence-corrected chi connectivity index (χ0v) is 14.6. The Balaban J connectivity index is 1.65. The lowest BCUT2D eigenvalue weighted by molar-refractivity contribution is 0.262. The van der Waals surface area contributed by atoms with Crippen LogP contribution in [-0.4, -0.2) is 16.7 Å². The molecular weight excluding hydrogens is 372 g/mol. The van der Waals surface area contributed by atoms with Crippen LogP contribution < -0.4 is 15.2 Å². The number of ether oxygens (including phenoxy) is 2. The van der Waals surface area contributed by atoms with E-state index in [9.17, 15) is 9.90 Å². The van der Waals surface area contributed by atoms with Crippen molar-refractivity contribution in [2.24, 2.45) is 0 Å². The number of rotatable bonds is 3. The van der Waals surface area contributed by atoms with Gasteiger partial charge in [-0.2, -0.15) is 0 Å². The van der Waals surface area contributed by atoms with Crippen molar-refractivity contribution in [2.75, 3.05) is 6.61 Å². The number of fused-ring (bicyclic) bond motifs is 1. The van der Waals surface area contributed by atoms with Crippen LogP contribution >= 0.6 is 11.6 Å². The molecule has 4 rings (SSSR count). The number of oxazole rings is 1. The van der Waals surface area contributed by atoms with Crippen molar-refractivity contribution < 1.29 is 19.0 Å². The topological polar surface area (TPSA) is 89.0 Å². The average molecular weight is 385 g/mol. The third-order valence-corrected chi connectivity index (χ3v) is 4.57. The number of H-pyrrole nitrogens is 1. The lowest BCUT2D eigenvalue weighted by Crippen LogP contribution is -2.15. The first-order valence-corrected chi connectivity index (χ1v) is 8.46. The largest absolute Gasteiger partial charge is 0.493 e. The number of aromatic amines is 1. The third-order valence-electron chi connectivity index (χ3n) is 4.27. The minimum absolute atomic E-state index is 0.191. The van der Waals surface area contributed by atoms with Gasteiger partial charge >= 0.3 is 5.76 Å². The smallest absolute Gasteiger partial charge is 0.419 e. The van der Waals surface area contributed by atoms with Gasteiger partial charge in [0.05, 0.1) is 24.1 Å². The summed E-state index contributed by atoms with van der Waals surface area (Å²) in [5.41, 5.74) is 1.21. The van der Waals surface area contributed by atoms with Gasteiger partial charge in [0.1, 0.15) is 17.2 Å². The van der Waals surface area contributed by atoms with E-state index in [4.69, 9.17) is 32.1 Å². The highest BCUT2D eigenvalue weighted by molar-refractivity contribution is 6.32. The Kier molecular flexibility index (Phi) is 4.26. The van der Waals surface area contributed by atoms with E-state index >= 15 is 0 Å². The molecule has 2 aromatic carbocycles. The van der Waals surface area contributed by atoms with E-state index in [-0.39, 0.29) is 17.6 Å². The van der Waals surface area contributed by atoms with E-state index in [2.05, 4.69) is 9.83 Å². The maximum Gasteiger partial charge on any atom is 0.419 e. The summed E-state index contributed by atoms with van der Waals surface area (Å²) in [6.07, 6.45) is 0.561. The van der Waals surface area contributed by atoms with Crippen LogP contribution in [0.15, 0.2) is 45.6 Å². The molecule has 0 saturated heterocycles. The molecule has 27 heavy (non-hydrogen) atoms. The van der Waals surface area contributed by atoms with Crippen molar-refractivity contribution in [3.63, 3.8) is 0 Å². The number of benzene rings is 2.